The number of carboxylic acids is 1. The molecule has 11 heteroatoms. The predicted molar refractivity (Wildman–Crippen MR) is 141 cm³/mol. The van der Waals surface area contributed by atoms with Gasteiger partial charge in [0.25, 0.3) is 0 Å². The summed E-state index contributed by atoms with van der Waals surface area (Å²) < 4.78 is 42.8. The lowest BCUT2D eigenvalue weighted by Gasteiger charge is -2.46. The third-order valence-corrected chi connectivity index (χ3v) is 7.50. The van der Waals surface area contributed by atoms with Gasteiger partial charge in [0.1, 0.15) is 0 Å². The maximum absolute atomic E-state index is 10.6. The fraction of sp³-hybridized carbons (Fsp3) is 0.692. The lowest BCUT2D eigenvalue weighted by molar-refractivity contribution is -0.192. The third-order valence-electron chi connectivity index (χ3n) is 7.23. The van der Waals surface area contributed by atoms with Gasteiger partial charge in [0.15, 0.2) is 16.6 Å². The number of halogens is 3. The first-order valence-electron chi connectivity index (χ1n) is 12.8. The molecule has 0 aromatic heterocycles. The number of aliphatic carboxylic acids is 1. The van der Waals surface area contributed by atoms with Gasteiger partial charge in [0.2, 0.25) is 0 Å². The Morgan fingerprint density at radius 2 is 1.86 bits per heavy atom. The highest BCUT2D eigenvalue weighted by molar-refractivity contribution is 7.80. The maximum atomic E-state index is 10.6. The molecule has 0 amide bonds. The first-order chi connectivity index (χ1) is 17.5. The summed E-state index contributed by atoms with van der Waals surface area (Å²) in [6.07, 6.45) is 3.09. The third kappa shape index (κ3) is 8.10. The summed E-state index contributed by atoms with van der Waals surface area (Å²) in [7, 11) is 3.42. The molecule has 0 unspecified atom stereocenters. The predicted octanol–water partition coefficient (Wildman–Crippen LogP) is 4.88. The number of carboxylic acid groups (broad SMARTS) is 1. The molecule has 1 saturated heterocycles. The van der Waals surface area contributed by atoms with Crippen LogP contribution in [0.4, 0.5) is 13.2 Å². The Morgan fingerprint density at radius 1 is 1.19 bits per heavy atom. The topological polar surface area (TPSA) is 83.1 Å². The number of hydrogen-bond acceptors (Lipinski definition) is 5. The average molecular weight is 548 g/mol. The van der Waals surface area contributed by atoms with E-state index in [0.29, 0.717) is 12.1 Å². The number of rotatable bonds is 9. The molecule has 0 bridgehead atoms. The van der Waals surface area contributed by atoms with Crippen LogP contribution in [0.2, 0.25) is 0 Å². The first kappa shape index (κ1) is 31.0. The number of methoxy groups -OCH3 is 2. The Kier molecular flexibility index (Phi) is 11.7. The summed E-state index contributed by atoms with van der Waals surface area (Å²) in [5.41, 5.74) is 1.58. The summed E-state index contributed by atoms with van der Waals surface area (Å²) in [4.78, 5) is 11.6. The number of nitrogens with one attached hydrogen (secondary N) is 2. The zero-order chi connectivity index (χ0) is 27.6. The Balaban J connectivity index is 0.000000604. The zero-order valence-corrected chi connectivity index (χ0v) is 22.9. The van der Waals surface area contributed by atoms with Crippen LogP contribution >= 0.6 is 12.2 Å². The standard InChI is InChI=1S/C24H39N3O2S.C2HF3O2/c1-5-7-13-25-23(30)26-19-10-11-24(12-15-27(14-6-2)22(24)17-19)18-8-9-20(28-3)21(16-18)29-4;3-2(4,5)1(6)7/h8-9,16,19,22H,5-7,10-15,17H2,1-4H3,(H2,25,26,30);(H,6,7)/t19-,22+,24+;/m1./s1. The quantitative estimate of drug-likeness (QED) is 0.298. The molecule has 3 rings (SSSR count). The van der Waals surface area contributed by atoms with E-state index in [-0.39, 0.29) is 5.41 Å². The highest BCUT2D eigenvalue weighted by Gasteiger charge is 2.51. The molecule has 0 spiro atoms. The highest BCUT2D eigenvalue weighted by Crippen LogP contribution is 2.50. The summed E-state index contributed by atoms with van der Waals surface area (Å²) in [5, 5.41) is 14.9. The van der Waals surface area contributed by atoms with Crippen molar-refractivity contribution in [2.75, 3.05) is 33.9 Å². The minimum Gasteiger partial charge on any atom is -0.493 e. The number of thiocarbonyl (C=S) groups is 1. The number of fused-ring (bicyclic) bond motifs is 1. The largest absolute Gasteiger partial charge is 0.493 e. The summed E-state index contributed by atoms with van der Waals surface area (Å²) >= 11 is 5.56. The average Bonchev–Trinajstić information content (AvgIpc) is 3.22. The van der Waals surface area contributed by atoms with Crippen molar-refractivity contribution in [2.45, 2.75) is 82.5 Å². The Morgan fingerprint density at radius 3 is 2.43 bits per heavy atom. The molecule has 0 radical (unpaired) electrons. The number of alkyl halides is 3. The normalized spacial score (nSPS) is 23.3. The second-order valence-electron chi connectivity index (χ2n) is 9.56. The summed E-state index contributed by atoms with van der Waals surface area (Å²) in [6.45, 7) is 7.76. The second-order valence-corrected chi connectivity index (χ2v) is 9.96. The van der Waals surface area contributed by atoms with Crippen molar-refractivity contribution >= 4 is 23.3 Å². The van der Waals surface area contributed by atoms with Crippen molar-refractivity contribution in [2.24, 2.45) is 0 Å². The number of unbranched alkanes of at least 4 members (excludes halogenated alkanes) is 1. The van der Waals surface area contributed by atoms with Crippen LogP contribution in [0.1, 0.15) is 64.4 Å². The molecule has 1 aromatic rings. The van der Waals surface area contributed by atoms with Gasteiger partial charge < -0.3 is 25.2 Å². The van der Waals surface area contributed by atoms with E-state index in [1.807, 2.05) is 0 Å². The molecular weight excluding hydrogens is 507 g/mol. The molecule has 7 nitrogen and oxygen atoms in total. The maximum Gasteiger partial charge on any atom is 0.490 e. The van der Waals surface area contributed by atoms with E-state index in [9.17, 15) is 13.2 Å². The van der Waals surface area contributed by atoms with Crippen LogP contribution in [-0.4, -0.2) is 73.2 Å². The van der Waals surface area contributed by atoms with Gasteiger partial charge in [0.05, 0.1) is 14.2 Å². The van der Waals surface area contributed by atoms with Gasteiger partial charge in [-0.1, -0.05) is 26.3 Å². The van der Waals surface area contributed by atoms with E-state index in [2.05, 4.69) is 47.6 Å². The van der Waals surface area contributed by atoms with Gasteiger partial charge in [-0.15, -0.1) is 0 Å². The van der Waals surface area contributed by atoms with Crippen molar-refractivity contribution in [3.05, 3.63) is 23.8 Å². The second kappa shape index (κ2) is 14.0. The number of carbonyl (C=O) groups is 1. The van der Waals surface area contributed by atoms with Crippen LogP contribution in [0.5, 0.6) is 11.5 Å². The minimum absolute atomic E-state index is 0.185. The van der Waals surface area contributed by atoms with E-state index >= 15 is 0 Å². The molecule has 2 fully saturated rings. The molecule has 1 aromatic carbocycles. The van der Waals surface area contributed by atoms with Crippen molar-refractivity contribution < 1.29 is 32.5 Å². The molecular formula is C26H40F3N3O4S. The first-order valence-corrected chi connectivity index (χ1v) is 13.2. The molecule has 1 aliphatic heterocycles. The number of nitrogens with zero attached hydrogens (tertiary/aromatic N) is 1. The fourth-order valence-corrected chi connectivity index (χ4v) is 5.70. The number of likely N-dealkylation sites (tertiary alicyclic amines) is 1. The fourth-order valence-electron chi connectivity index (χ4n) is 5.43. The van der Waals surface area contributed by atoms with Crippen molar-refractivity contribution in [3.63, 3.8) is 0 Å². The Hall–Kier alpha value is -2.27. The molecule has 3 atom stereocenters. The van der Waals surface area contributed by atoms with Gasteiger partial charge in [-0.2, -0.15) is 13.2 Å². The molecule has 2 aliphatic rings. The minimum atomic E-state index is -5.08. The molecule has 1 aliphatic carbocycles. The number of hydrogen-bond donors (Lipinski definition) is 3. The van der Waals surface area contributed by atoms with Gasteiger partial charge >= 0.3 is 12.1 Å². The number of benzene rings is 1. The van der Waals surface area contributed by atoms with Crippen LogP contribution in [0.15, 0.2) is 18.2 Å². The van der Waals surface area contributed by atoms with Crippen LogP contribution in [-0.2, 0) is 10.2 Å². The summed E-state index contributed by atoms with van der Waals surface area (Å²) in [5.74, 6) is -1.12. The lowest BCUT2D eigenvalue weighted by atomic mass is 9.65. The van der Waals surface area contributed by atoms with E-state index in [1.165, 1.54) is 37.8 Å². The lowest BCUT2D eigenvalue weighted by Crippen LogP contribution is -2.53. The van der Waals surface area contributed by atoms with E-state index in [4.69, 9.17) is 31.6 Å². The van der Waals surface area contributed by atoms with Crippen molar-refractivity contribution in [3.8, 4) is 11.5 Å². The monoisotopic (exact) mass is 547 g/mol. The smallest absolute Gasteiger partial charge is 0.490 e. The van der Waals surface area contributed by atoms with Crippen LogP contribution in [0, 0.1) is 0 Å². The highest BCUT2D eigenvalue weighted by atomic mass is 32.1. The molecule has 1 saturated carbocycles. The van der Waals surface area contributed by atoms with Gasteiger partial charge in [-0.25, -0.2) is 4.79 Å². The molecule has 210 valence electrons. The van der Waals surface area contributed by atoms with Crippen molar-refractivity contribution in [1.29, 1.82) is 0 Å². The van der Waals surface area contributed by atoms with Gasteiger partial charge in [-0.3, -0.25) is 4.90 Å². The number of ether oxygens (including phenoxy) is 2. The van der Waals surface area contributed by atoms with Gasteiger partial charge in [0, 0.05) is 24.0 Å². The van der Waals surface area contributed by atoms with Crippen LogP contribution in [0.25, 0.3) is 0 Å². The Bertz CT molecular complexity index is 902. The van der Waals surface area contributed by atoms with E-state index < -0.39 is 12.1 Å². The Labute approximate surface area is 223 Å². The summed E-state index contributed by atoms with van der Waals surface area (Å²) in [6, 6.07) is 7.50. The van der Waals surface area contributed by atoms with E-state index in [1.54, 1.807) is 14.2 Å². The molecule has 37 heavy (non-hydrogen) atoms. The van der Waals surface area contributed by atoms with E-state index in [0.717, 1.165) is 49.0 Å². The van der Waals surface area contributed by atoms with Crippen LogP contribution in [0.3, 0.4) is 0 Å². The van der Waals surface area contributed by atoms with Crippen LogP contribution < -0.4 is 20.1 Å². The zero-order valence-electron chi connectivity index (χ0n) is 22.1. The van der Waals surface area contributed by atoms with Gasteiger partial charge in [-0.05, 0) is 81.5 Å². The SMILES string of the molecule is CCCCNC(=S)N[C@@H]1CC[C@@]2(c3ccc(OC)c(OC)c3)CCN(CCC)[C@H]2C1.O=C(O)C(F)(F)F. The molecule has 1 heterocycles. The molecule has 3 N–H and O–H groups in total. The van der Waals surface area contributed by atoms with Crippen molar-refractivity contribution in [1.82, 2.24) is 15.5 Å².